The molecule has 3 aromatic rings. The van der Waals surface area contributed by atoms with Gasteiger partial charge in [0.2, 0.25) is 0 Å². The molecule has 0 spiro atoms. The van der Waals surface area contributed by atoms with Crippen molar-refractivity contribution in [2.75, 3.05) is 0 Å². The van der Waals surface area contributed by atoms with Crippen molar-refractivity contribution in [3.8, 4) is 22.4 Å². The molecule has 0 saturated carbocycles. The maximum absolute atomic E-state index is 4.50. The Morgan fingerprint density at radius 1 is 0.864 bits per heavy atom. The Balaban J connectivity index is 1.99. The fourth-order valence-electron chi connectivity index (χ4n) is 2.40. The van der Waals surface area contributed by atoms with Gasteiger partial charge in [-0.05, 0) is 30.2 Å². The minimum atomic E-state index is 0.342. The van der Waals surface area contributed by atoms with Gasteiger partial charge in [0.1, 0.15) is 5.82 Å². The fourth-order valence-corrected chi connectivity index (χ4v) is 2.40. The Morgan fingerprint density at radius 2 is 1.59 bits per heavy atom. The molecule has 3 heteroatoms. The van der Waals surface area contributed by atoms with Crippen molar-refractivity contribution >= 4 is 0 Å². The molecule has 22 heavy (non-hydrogen) atoms. The van der Waals surface area contributed by atoms with Crippen LogP contribution in [0.3, 0.4) is 0 Å². The molecule has 0 bridgehead atoms. The predicted octanol–water partition coefficient (Wildman–Crippen LogP) is 4.64. The van der Waals surface area contributed by atoms with Crippen molar-refractivity contribution in [1.82, 2.24) is 15.0 Å². The minimum absolute atomic E-state index is 0.342. The molecule has 3 nitrogen and oxygen atoms in total. The minimum Gasteiger partial charge on any atom is -0.256 e. The van der Waals surface area contributed by atoms with E-state index in [2.05, 4.69) is 53.9 Å². The summed E-state index contributed by atoms with van der Waals surface area (Å²) >= 11 is 0. The Morgan fingerprint density at radius 3 is 2.27 bits per heavy atom. The lowest BCUT2D eigenvalue weighted by Crippen LogP contribution is -1.97. The van der Waals surface area contributed by atoms with Gasteiger partial charge in [0.05, 0.1) is 5.69 Å². The first-order chi connectivity index (χ1) is 10.6. The number of pyridine rings is 1. The van der Waals surface area contributed by atoms with Gasteiger partial charge in [0.15, 0.2) is 0 Å². The quantitative estimate of drug-likeness (QED) is 0.705. The summed E-state index contributed by atoms with van der Waals surface area (Å²) in [5.41, 5.74) is 5.45. The molecule has 0 aliphatic rings. The van der Waals surface area contributed by atoms with Gasteiger partial charge in [-0.15, -0.1) is 0 Å². The SMILES string of the molecule is Cc1ccccc1-c1cc(-c2cnc(C(C)C)nc2)ccn1. The predicted molar refractivity (Wildman–Crippen MR) is 89.5 cm³/mol. The number of rotatable bonds is 3. The highest BCUT2D eigenvalue weighted by atomic mass is 14.9. The highest BCUT2D eigenvalue weighted by Crippen LogP contribution is 2.26. The van der Waals surface area contributed by atoms with Gasteiger partial charge >= 0.3 is 0 Å². The van der Waals surface area contributed by atoms with E-state index in [1.807, 2.05) is 36.8 Å². The van der Waals surface area contributed by atoms with Crippen LogP contribution in [-0.4, -0.2) is 15.0 Å². The molecule has 0 aliphatic carbocycles. The third-order valence-corrected chi connectivity index (χ3v) is 3.70. The molecule has 0 fully saturated rings. The largest absolute Gasteiger partial charge is 0.256 e. The maximum Gasteiger partial charge on any atom is 0.130 e. The van der Waals surface area contributed by atoms with Crippen LogP contribution in [0.15, 0.2) is 55.0 Å². The van der Waals surface area contributed by atoms with Gasteiger partial charge in [-0.25, -0.2) is 9.97 Å². The first-order valence-corrected chi connectivity index (χ1v) is 7.49. The van der Waals surface area contributed by atoms with Crippen LogP contribution in [0.1, 0.15) is 31.2 Å². The molecule has 3 rings (SSSR count). The van der Waals surface area contributed by atoms with Crippen molar-refractivity contribution in [3.05, 3.63) is 66.4 Å². The Labute approximate surface area is 131 Å². The second-order valence-electron chi connectivity index (χ2n) is 5.73. The average Bonchev–Trinajstić information content (AvgIpc) is 2.55. The second kappa shape index (κ2) is 6.06. The number of benzene rings is 1. The van der Waals surface area contributed by atoms with Gasteiger partial charge in [0, 0.05) is 35.6 Å². The van der Waals surface area contributed by atoms with E-state index in [9.17, 15) is 0 Å². The molecule has 0 amide bonds. The third kappa shape index (κ3) is 2.89. The van der Waals surface area contributed by atoms with E-state index in [0.29, 0.717) is 5.92 Å². The smallest absolute Gasteiger partial charge is 0.130 e. The molecule has 110 valence electrons. The summed E-state index contributed by atoms with van der Waals surface area (Å²) in [6, 6.07) is 12.4. The van der Waals surface area contributed by atoms with E-state index in [-0.39, 0.29) is 0 Å². The van der Waals surface area contributed by atoms with E-state index < -0.39 is 0 Å². The van der Waals surface area contributed by atoms with Crippen LogP contribution >= 0.6 is 0 Å². The summed E-state index contributed by atoms with van der Waals surface area (Å²) in [4.78, 5) is 13.4. The van der Waals surface area contributed by atoms with Crippen molar-refractivity contribution in [2.45, 2.75) is 26.7 Å². The lowest BCUT2D eigenvalue weighted by Gasteiger charge is -2.08. The normalized spacial score (nSPS) is 10.9. The molecule has 0 N–H and O–H groups in total. The van der Waals surface area contributed by atoms with Crippen LogP contribution in [0.25, 0.3) is 22.4 Å². The Bertz CT molecular complexity index is 777. The molecule has 0 radical (unpaired) electrons. The number of aryl methyl sites for hydroxylation is 1. The Kier molecular flexibility index (Phi) is 3.96. The van der Waals surface area contributed by atoms with E-state index in [4.69, 9.17) is 0 Å². The van der Waals surface area contributed by atoms with Crippen LogP contribution in [0.2, 0.25) is 0 Å². The zero-order valence-electron chi connectivity index (χ0n) is 13.1. The van der Waals surface area contributed by atoms with E-state index in [1.165, 1.54) is 5.56 Å². The standard InChI is InChI=1S/C19H19N3/c1-13(2)19-21-11-16(12-22-19)15-8-9-20-18(10-15)17-7-5-4-6-14(17)3/h4-13H,1-3H3. The van der Waals surface area contributed by atoms with E-state index >= 15 is 0 Å². The lowest BCUT2D eigenvalue weighted by molar-refractivity contribution is 0.775. The highest BCUT2D eigenvalue weighted by Gasteiger charge is 2.07. The second-order valence-corrected chi connectivity index (χ2v) is 5.73. The van der Waals surface area contributed by atoms with E-state index in [1.54, 1.807) is 0 Å². The summed E-state index contributed by atoms with van der Waals surface area (Å²) in [5, 5.41) is 0. The zero-order chi connectivity index (χ0) is 15.5. The van der Waals surface area contributed by atoms with E-state index in [0.717, 1.165) is 28.2 Å². The summed E-state index contributed by atoms with van der Waals surface area (Å²) in [6.45, 7) is 6.29. The number of hydrogen-bond acceptors (Lipinski definition) is 3. The van der Waals surface area contributed by atoms with Gasteiger partial charge in [-0.1, -0.05) is 38.1 Å². The number of hydrogen-bond donors (Lipinski definition) is 0. The zero-order valence-corrected chi connectivity index (χ0v) is 13.1. The lowest BCUT2D eigenvalue weighted by atomic mass is 10.0. The molecular formula is C19H19N3. The summed E-state index contributed by atoms with van der Waals surface area (Å²) < 4.78 is 0. The van der Waals surface area contributed by atoms with Crippen LogP contribution in [0.4, 0.5) is 0 Å². The molecule has 0 atom stereocenters. The highest BCUT2D eigenvalue weighted by molar-refractivity contribution is 5.71. The van der Waals surface area contributed by atoms with Crippen LogP contribution in [-0.2, 0) is 0 Å². The van der Waals surface area contributed by atoms with Gasteiger partial charge < -0.3 is 0 Å². The maximum atomic E-state index is 4.50. The summed E-state index contributed by atoms with van der Waals surface area (Å²) in [7, 11) is 0. The molecule has 1 aromatic carbocycles. The topological polar surface area (TPSA) is 38.7 Å². The van der Waals surface area contributed by atoms with Gasteiger partial charge in [-0.2, -0.15) is 0 Å². The molecule has 0 unspecified atom stereocenters. The first-order valence-electron chi connectivity index (χ1n) is 7.49. The van der Waals surface area contributed by atoms with Gasteiger partial charge in [-0.3, -0.25) is 4.98 Å². The monoisotopic (exact) mass is 289 g/mol. The van der Waals surface area contributed by atoms with Crippen LogP contribution < -0.4 is 0 Å². The Hall–Kier alpha value is -2.55. The third-order valence-electron chi connectivity index (χ3n) is 3.70. The molecular weight excluding hydrogens is 270 g/mol. The molecule has 2 aromatic heterocycles. The first kappa shape index (κ1) is 14.4. The summed E-state index contributed by atoms with van der Waals surface area (Å²) in [5.74, 6) is 1.21. The van der Waals surface area contributed by atoms with Crippen molar-refractivity contribution < 1.29 is 0 Å². The van der Waals surface area contributed by atoms with Crippen LogP contribution in [0.5, 0.6) is 0 Å². The molecule has 0 aliphatic heterocycles. The van der Waals surface area contributed by atoms with Crippen LogP contribution in [0, 0.1) is 6.92 Å². The number of nitrogens with zero attached hydrogens (tertiary/aromatic N) is 3. The average molecular weight is 289 g/mol. The molecule has 2 heterocycles. The fraction of sp³-hybridized carbons (Fsp3) is 0.211. The van der Waals surface area contributed by atoms with Crippen molar-refractivity contribution in [3.63, 3.8) is 0 Å². The molecule has 0 saturated heterocycles. The summed E-state index contributed by atoms with van der Waals surface area (Å²) in [6.07, 6.45) is 5.62. The number of aromatic nitrogens is 3. The van der Waals surface area contributed by atoms with Gasteiger partial charge in [0.25, 0.3) is 0 Å². The van der Waals surface area contributed by atoms with Crippen molar-refractivity contribution in [1.29, 1.82) is 0 Å². The van der Waals surface area contributed by atoms with Crippen molar-refractivity contribution in [2.24, 2.45) is 0 Å².